The minimum atomic E-state index is -3.09. The molecule has 1 aromatic heterocycles. The molecule has 3 rings (SSSR count). The predicted octanol–water partition coefficient (Wildman–Crippen LogP) is 2.57. The van der Waals surface area contributed by atoms with Crippen molar-refractivity contribution in [2.24, 2.45) is 5.92 Å². The maximum atomic E-state index is 12.3. The lowest BCUT2D eigenvalue weighted by Crippen LogP contribution is -2.23. The zero-order chi connectivity index (χ0) is 15.9. The maximum absolute atomic E-state index is 12.3. The van der Waals surface area contributed by atoms with Gasteiger partial charge in [-0.25, -0.2) is 8.42 Å². The van der Waals surface area contributed by atoms with Gasteiger partial charge in [0, 0.05) is 11.6 Å². The lowest BCUT2D eigenvalue weighted by atomic mass is 10.1. The van der Waals surface area contributed by atoms with Crippen molar-refractivity contribution in [1.82, 2.24) is 4.98 Å². The zero-order valence-electron chi connectivity index (χ0n) is 12.0. The number of halogens is 1. The van der Waals surface area contributed by atoms with Crippen LogP contribution in [-0.4, -0.2) is 30.8 Å². The highest BCUT2D eigenvalue weighted by Gasteiger charge is 2.33. The molecule has 0 spiro atoms. The van der Waals surface area contributed by atoms with E-state index in [0.717, 1.165) is 10.9 Å². The molecular formula is C15H15ClN2O3S. The van der Waals surface area contributed by atoms with Crippen LogP contribution in [0.3, 0.4) is 0 Å². The molecular weight excluding hydrogens is 324 g/mol. The van der Waals surface area contributed by atoms with Gasteiger partial charge in [0.1, 0.15) is 0 Å². The first kappa shape index (κ1) is 15.2. The van der Waals surface area contributed by atoms with Crippen molar-refractivity contribution < 1.29 is 13.2 Å². The Morgan fingerprint density at radius 3 is 2.86 bits per heavy atom. The smallest absolute Gasteiger partial charge is 0.228 e. The number of amides is 1. The summed E-state index contributed by atoms with van der Waals surface area (Å²) in [6.45, 7) is 1.86. The fraction of sp³-hybridized carbons (Fsp3) is 0.333. The van der Waals surface area contributed by atoms with Crippen molar-refractivity contribution >= 4 is 43.9 Å². The average Bonchev–Trinajstić information content (AvgIpc) is 2.84. The molecule has 22 heavy (non-hydrogen) atoms. The molecule has 1 saturated heterocycles. The fourth-order valence-corrected chi connectivity index (χ4v) is 4.57. The molecule has 1 aliphatic rings. The van der Waals surface area contributed by atoms with Gasteiger partial charge < -0.3 is 5.32 Å². The molecule has 116 valence electrons. The quantitative estimate of drug-likeness (QED) is 0.913. The molecule has 0 aliphatic carbocycles. The van der Waals surface area contributed by atoms with Gasteiger partial charge in [-0.05, 0) is 25.0 Å². The van der Waals surface area contributed by atoms with Gasteiger partial charge in [0.2, 0.25) is 5.91 Å². The number of nitrogens with one attached hydrogen (secondary N) is 1. The van der Waals surface area contributed by atoms with Crippen LogP contribution in [-0.2, 0) is 14.6 Å². The molecule has 2 heterocycles. The summed E-state index contributed by atoms with van der Waals surface area (Å²) in [5.41, 5.74) is 2.01. The highest BCUT2D eigenvalue weighted by atomic mass is 35.5. The Morgan fingerprint density at radius 2 is 2.18 bits per heavy atom. The van der Waals surface area contributed by atoms with Crippen LogP contribution >= 0.6 is 11.6 Å². The van der Waals surface area contributed by atoms with E-state index in [9.17, 15) is 13.2 Å². The van der Waals surface area contributed by atoms with E-state index in [-0.39, 0.29) is 17.4 Å². The molecule has 1 aromatic carbocycles. The maximum Gasteiger partial charge on any atom is 0.228 e. The summed E-state index contributed by atoms with van der Waals surface area (Å²) in [6, 6.07) is 5.37. The number of hydrogen-bond acceptors (Lipinski definition) is 4. The van der Waals surface area contributed by atoms with Crippen LogP contribution in [0.5, 0.6) is 0 Å². The third-order valence-electron chi connectivity index (χ3n) is 3.87. The fourth-order valence-electron chi connectivity index (χ4n) is 2.63. The van der Waals surface area contributed by atoms with Gasteiger partial charge in [-0.15, -0.1) is 0 Å². The number of fused-ring (bicyclic) bond motifs is 1. The number of benzene rings is 1. The summed E-state index contributed by atoms with van der Waals surface area (Å²) in [7, 11) is -3.09. The Balaban J connectivity index is 1.92. The number of hydrogen-bond donors (Lipinski definition) is 1. The molecule has 5 nitrogen and oxygen atoms in total. The number of carbonyl (C=O) groups is 1. The standard InChI is InChI=1S/C15H15ClN2O3S/c1-9-7-17-14-11(13(9)16)3-2-4-12(14)18-15(19)10-5-6-22(20,21)8-10/h2-4,7,10H,5-6,8H2,1H3,(H,18,19). The highest BCUT2D eigenvalue weighted by Crippen LogP contribution is 2.30. The Labute approximate surface area is 133 Å². The minimum Gasteiger partial charge on any atom is -0.324 e. The predicted molar refractivity (Wildman–Crippen MR) is 86.9 cm³/mol. The van der Waals surface area contributed by atoms with Crippen molar-refractivity contribution in [3.63, 3.8) is 0 Å². The van der Waals surface area contributed by atoms with Crippen LogP contribution in [0.15, 0.2) is 24.4 Å². The molecule has 0 bridgehead atoms. The summed E-state index contributed by atoms with van der Waals surface area (Å²) in [6.07, 6.45) is 2.02. The van der Waals surface area contributed by atoms with Crippen LogP contribution in [0.25, 0.3) is 10.9 Å². The lowest BCUT2D eigenvalue weighted by molar-refractivity contribution is -0.119. The van der Waals surface area contributed by atoms with Crippen molar-refractivity contribution in [2.75, 3.05) is 16.8 Å². The summed E-state index contributed by atoms with van der Waals surface area (Å²) < 4.78 is 23.0. The molecule has 0 saturated carbocycles. The lowest BCUT2D eigenvalue weighted by Gasteiger charge is -2.12. The molecule has 1 aliphatic heterocycles. The monoisotopic (exact) mass is 338 g/mol. The van der Waals surface area contributed by atoms with E-state index in [2.05, 4.69) is 10.3 Å². The molecule has 1 fully saturated rings. The first-order valence-electron chi connectivity index (χ1n) is 6.92. The number of aryl methyl sites for hydroxylation is 1. The Hall–Kier alpha value is -1.66. The third kappa shape index (κ3) is 2.80. The Kier molecular flexibility index (Phi) is 3.82. The van der Waals surface area contributed by atoms with E-state index < -0.39 is 15.8 Å². The Morgan fingerprint density at radius 1 is 1.41 bits per heavy atom. The molecule has 0 radical (unpaired) electrons. The number of nitrogens with zero attached hydrogens (tertiary/aromatic N) is 1. The largest absolute Gasteiger partial charge is 0.324 e. The summed E-state index contributed by atoms with van der Waals surface area (Å²) in [5.74, 6) is -0.797. The number of pyridine rings is 1. The van der Waals surface area contributed by atoms with E-state index in [1.807, 2.05) is 13.0 Å². The SMILES string of the molecule is Cc1cnc2c(NC(=O)C3CCS(=O)(=O)C3)cccc2c1Cl. The number of carbonyl (C=O) groups excluding carboxylic acids is 1. The first-order chi connectivity index (χ1) is 10.4. The van der Waals surface area contributed by atoms with Crippen molar-refractivity contribution in [1.29, 1.82) is 0 Å². The number of aromatic nitrogens is 1. The van der Waals surface area contributed by atoms with Gasteiger partial charge in [-0.1, -0.05) is 23.7 Å². The van der Waals surface area contributed by atoms with E-state index >= 15 is 0 Å². The number of sulfone groups is 1. The summed E-state index contributed by atoms with van der Waals surface area (Å²) in [5, 5.41) is 4.15. The van der Waals surface area contributed by atoms with Crippen molar-refractivity contribution in [3.8, 4) is 0 Å². The second-order valence-corrected chi connectivity index (χ2v) is 8.15. The molecule has 1 amide bonds. The number of para-hydroxylation sites is 1. The minimum absolute atomic E-state index is 0.0733. The van der Waals surface area contributed by atoms with Gasteiger partial charge in [0.15, 0.2) is 9.84 Å². The average molecular weight is 339 g/mol. The second-order valence-electron chi connectivity index (χ2n) is 5.55. The molecule has 2 aromatic rings. The second kappa shape index (κ2) is 5.52. The number of anilines is 1. The van der Waals surface area contributed by atoms with Gasteiger partial charge in [-0.2, -0.15) is 0 Å². The van der Waals surface area contributed by atoms with Gasteiger partial charge in [0.25, 0.3) is 0 Å². The molecule has 1 N–H and O–H groups in total. The molecule has 7 heteroatoms. The number of rotatable bonds is 2. The van der Waals surface area contributed by atoms with Gasteiger partial charge >= 0.3 is 0 Å². The van der Waals surface area contributed by atoms with E-state index in [1.165, 1.54) is 0 Å². The summed E-state index contributed by atoms with van der Waals surface area (Å²) in [4.78, 5) is 16.6. The van der Waals surface area contributed by atoms with Gasteiger partial charge in [0.05, 0.1) is 33.7 Å². The Bertz CT molecular complexity index is 864. The summed E-state index contributed by atoms with van der Waals surface area (Å²) >= 11 is 6.27. The van der Waals surface area contributed by atoms with Crippen LogP contribution < -0.4 is 5.32 Å². The van der Waals surface area contributed by atoms with Crippen molar-refractivity contribution in [3.05, 3.63) is 35.0 Å². The molecule has 1 atom stereocenters. The van der Waals surface area contributed by atoms with E-state index in [4.69, 9.17) is 11.6 Å². The van der Waals surface area contributed by atoms with Crippen LogP contribution in [0, 0.1) is 12.8 Å². The zero-order valence-corrected chi connectivity index (χ0v) is 13.5. The van der Waals surface area contributed by atoms with Crippen molar-refractivity contribution in [2.45, 2.75) is 13.3 Å². The normalized spacial score (nSPS) is 20.2. The van der Waals surface area contributed by atoms with Crippen LogP contribution in [0.2, 0.25) is 5.02 Å². The third-order valence-corrected chi connectivity index (χ3v) is 6.14. The van der Waals surface area contributed by atoms with E-state index in [0.29, 0.717) is 22.6 Å². The topological polar surface area (TPSA) is 76.1 Å². The van der Waals surface area contributed by atoms with E-state index in [1.54, 1.807) is 18.3 Å². The highest BCUT2D eigenvalue weighted by molar-refractivity contribution is 7.91. The van der Waals surface area contributed by atoms with Gasteiger partial charge in [-0.3, -0.25) is 9.78 Å². The molecule has 1 unspecified atom stereocenters. The first-order valence-corrected chi connectivity index (χ1v) is 9.12. The van der Waals surface area contributed by atoms with Crippen LogP contribution in [0.1, 0.15) is 12.0 Å². The van der Waals surface area contributed by atoms with Crippen LogP contribution in [0.4, 0.5) is 5.69 Å².